The van der Waals surface area contributed by atoms with Crippen molar-refractivity contribution in [3.63, 3.8) is 0 Å². The van der Waals surface area contributed by atoms with Crippen LogP contribution in [0, 0.1) is 6.92 Å². The van der Waals surface area contributed by atoms with E-state index < -0.39 is 13.8 Å². The normalized spacial score (nSPS) is 12.2. The molecule has 3 aromatic rings. The van der Waals surface area contributed by atoms with Gasteiger partial charge in [0.1, 0.15) is 0 Å². The molecule has 0 saturated carbocycles. The predicted molar refractivity (Wildman–Crippen MR) is 99.9 cm³/mol. The monoisotopic (exact) mass is 427 g/mol. The number of methoxy groups -OCH3 is 3. The molecule has 25 heavy (non-hydrogen) atoms. The summed E-state index contributed by atoms with van der Waals surface area (Å²) in [6.07, 6.45) is 0. The van der Waals surface area contributed by atoms with E-state index in [-0.39, 0.29) is 0 Å². The van der Waals surface area contributed by atoms with Crippen LogP contribution in [0.4, 0.5) is 0 Å². The van der Waals surface area contributed by atoms with E-state index in [0.29, 0.717) is 26.7 Å². The third-order valence-electron chi connectivity index (χ3n) is 3.93. The first-order valence-corrected chi connectivity index (χ1v) is 10.3. The summed E-state index contributed by atoms with van der Waals surface area (Å²) >= 11 is 3.54. The molecule has 132 valence electrons. The minimum atomic E-state index is -2.59. The molecule has 0 spiro atoms. The van der Waals surface area contributed by atoms with Gasteiger partial charge >= 0.3 is 155 Å². The van der Waals surface area contributed by atoms with Crippen LogP contribution in [0.5, 0.6) is 17.2 Å². The van der Waals surface area contributed by atoms with Crippen molar-refractivity contribution < 1.29 is 18.0 Å². The summed E-state index contributed by atoms with van der Waals surface area (Å²) in [4.78, 5) is 3.27. The van der Waals surface area contributed by atoms with E-state index in [2.05, 4.69) is 4.98 Å². The Labute approximate surface area is 154 Å². The zero-order valence-corrected chi connectivity index (χ0v) is 16.8. The number of H-pyrrole nitrogens is 1. The predicted octanol–water partition coefficient (Wildman–Crippen LogP) is 2.69. The average Bonchev–Trinajstić information content (AvgIpc) is 2.94. The number of aryl methyl sites for hydroxylation is 1. The summed E-state index contributed by atoms with van der Waals surface area (Å²) in [5, 5.41) is 1.48. The van der Waals surface area contributed by atoms with Crippen LogP contribution in [-0.4, -0.2) is 40.1 Å². The van der Waals surface area contributed by atoms with Crippen molar-refractivity contribution in [1.82, 2.24) is 4.98 Å². The molecule has 1 unspecified atom stereocenters. The number of halogens is 1. The molecule has 2 aromatic carbocycles. The molecule has 0 aliphatic carbocycles. The van der Waals surface area contributed by atoms with Gasteiger partial charge in [-0.25, -0.2) is 0 Å². The first-order valence-electron chi connectivity index (χ1n) is 7.49. The zero-order valence-electron chi connectivity index (χ0n) is 14.3. The molecular weight excluding hydrogens is 409 g/mol. The van der Waals surface area contributed by atoms with Crippen LogP contribution in [-0.2, 0) is 3.83 Å². The van der Waals surface area contributed by atoms with E-state index in [1.807, 2.05) is 25.1 Å². The van der Waals surface area contributed by atoms with Crippen molar-refractivity contribution in [2.75, 3.05) is 21.3 Å². The zero-order chi connectivity index (χ0) is 18.1. The van der Waals surface area contributed by atoms with Gasteiger partial charge in [-0.3, -0.25) is 0 Å². The van der Waals surface area contributed by atoms with Gasteiger partial charge in [0.15, 0.2) is 0 Å². The van der Waals surface area contributed by atoms with Crippen LogP contribution < -0.4 is 23.1 Å². The maximum absolute atomic E-state index is 13.4. The summed E-state index contributed by atoms with van der Waals surface area (Å²) in [7, 11) is 4.62. The van der Waals surface area contributed by atoms with Gasteiger partial charge in [-0.1, -0.05) is 0 Å². The molecule has 0 bridgehead atoms. The van der Waals surface area contributed by atoms with Crippen LogP contribution >= 0.6 is 11.6 Å². The van der Waals surface area contributed by atoms with Crippen molar-refractivity contribution in [2.24, 2.45) is 0 Å². The average molecular weight is 427 g/mol. The van der Waals surface area contributed by atoms with Gasteiger partial charge in [-0.05, 0) is 0 Å². The number of aromatic nitrogens is 1. The van der Waals surface area contributed by atoms with Gasteiger partial charge in [-0.2, -0.15) is 0 Å². The number of benzene rings is 2. The fourth-order valence-electron chi connectivity index (χ4n) is 2.79. The number of hydrogen-bond acceptors (Lipinski definition) is 4. The molecule has 1 N–H and O–H groups in total. The molecule has 1 heterocycles. The van der Waals surface area contributed by atoms with Gasteiger partial charge < -0.3 is 0 Å². The van der Waals surface area contributed by atoms with E-state index in [1.54, 1.807) is 12.1 Å². The quantitative estimate of drug-likeness (QED) is 0.637. The molecule has 0 radical (unpaired) electrons. The molecule has 1 atom stereocenters. The number of aromatic amines is 1. The van der Waals surface area contributed by atoms with E-state index in [9.17, 15) is 3.83 Å². The fraction of sp³-hybridized carbons (Fsp3) is 0.222. The molecule has 0 saturated heterocycles. The van der Waals surface area contributed by atoms with Gasteiger partial charge in [0.2, 0.25) is 0 Å². The third-order valence-corrected chi connectivity index (χ3v) is 7.44. The summed E-state index contributed by atoms with van der Waals surface area (Å²) in [6, 6.07) is 9.01. The molecule has 0 aliphatic rings. The Balaban J connectivity index is 2.19. The van der Waals surface area contributed by atoms with Crippen LogP contribution in [0.3, 0.4) is 0 Å². The second kappa shape index (κ2) is 7.08. The summed E-state index contributed by atoms with van der Waals surface area (Å²) in [5.41, 5.74) is 1.78. The molecule has 7 heteroatoms. The minimum absolute atomic E-state index is 0.478. The maximum atomic E-state index is 13.4. The van der Waals surface area contributed by atoms with Crippen molar-refractivity contribution in [3.05, 3.63) is 41.0 Å². The molecule has 0 fully saturated rings. The van der Waals surface area contributed by atoms with Crippen molar-refractivity contribution in [1.29, 1.82) is 0 Å². The van der Waals surface area contributed by atoms with Gasteiger partial charge in [0.05, 0.1) is 0 Å². The van der Waals surface area contributed by atoms with E-state index in [4.69, 9.17) is 25.8 Å². The first kappa shape index (κ1) is 17.8. The van der Waals surface area contributed by atoms with Crippen molar-refractivity contribution in [2.45, 2.75) is 6.92 Å². The summed E-state index contributed by atoms with van der Waals surface area (Å²) in [5.74, 6) is 1.44. The van der Waals surface area contributed by atoms with Crippen LogP contribution in [0.15, 0.2) is 30.3 Å². The fourth-order valence-corrected chi connectivity index (χ4v) is 5.82. The molecular formula is C18H18ClNO4Se. The Hall–Kier alpha value is -2.01. The molecule has 3 rings (SSSR count). The standard InChI is InChI=1S/C18H18ClNO4Se/c1-10-18(13-7-11(19)5-6-14(13)20-10)25(21)12-8-15(22-2)17(24-4)16(9-12)23-3/h5-9,20H,1-4H3. The van der Waals surface area contributed by atoms with E-state index in [1.165, 1.54) is 21.3 Å². The molecule has 5 nitrogen and oxygen atoms in total. The number of ether oxygens (including phenoxy) is 3. The SMILES string of the molecule is COc1cc([Se](=O)c2c(C)[nH]c3ccc(Cl)cc23)cc(OC)c1OC. The Bertz CT molecular complexity index is 942. The second-order valence-corrected chi connectivity index (χ2v) is 8.81. The Morgan fingerprint density at radius 2 is 1.64 bits per heavy atom. The van der Waals surface area contributed by atoms with E-state index >= 15 is 0 Å². The summed E-state index contributed by atoms with van der Waals surface area (Å²) < 4.78 is 30.9. The van der Waals surface area contributed by atoms with Crippen LogP contribution in [0.25, 0.3) is 10.9 Å². The molecule has 1 aromatic heterocycles. The van der Waals surface area contributed by atoms with Crippen molar-refractivity contribution >= 4 is 45.3 Å². The van der Waals surface area contributed by atoms with Gasteiger partial charge in [0.25, 0.3) is 0 Å². The Morgan fingerprint density at radius 1 is 1.00 bits per heavy atom. The van der Waals surface area contributed by atoms with Crippen LogP contribution in [0.1, 0.15) is 5.69 Å². The van der Waals surface area contributed by atoms with Crippen molar-refractivity contribution in [3.8, 4) is 17.2 Å². The number of rotatable bonds is 5. The molecule has 0 aliphatic heterocycles. The van der Waals surface area contributed by atoms with Gasteiger partial charge in [0, 0.05) is 0 Å². The number of nitrogens with one attached hydrogen (secondary N) is 1. The number of fused-ring (bicyclic) bond motifs is 1. The Morgan fingerprint density at radius 3 is 2.20 bits per heavy atom. The number of hydrogen-bond donors (Lipinski definition) is 1. The van der Waals surface area contributed by atoms with Crippen LogP contribution in [0.2, 0.25) is 5.02 Å². The second-order valence-electron chi connectivity index (χ2n) is 5.40. The van der Waals surface area contributed by atoms with E-state index in [0.717, 1.165) is 21.1 Å². The topological polar surface area (TPSA) is 60.6 Å². The van der Waals surface area contributed by atoms with Gasteiger partial charge in [-0.15, -0.1) is 0 Å². The first-order chi connectivity index (χ1) is 12.0. The third kappa shape index (κ3) is 3.13. The Kier molecular flexibility index (Phi) is 5.04. The molecule has 0 amide bonds. The summed E-state index contributed by atoms with van der Waals surface area (Å²) in [6.45, 7) is 1.91.